The number of aryl methyl sites for hydroxylation is 1. The second kappa shape index (κ2) is 4.97. The number of hydrogen-bond acceptors (Lipinski definition) is 5. The van der Waals surface area contributed by atoms with Gasteiger partial charge in [0.15, 0.2) is 0 Å². The SMILES string of the molecule is Cc1nc(-c2cccc(NC(=O)[C@H](C)N)c2)no1. The Morgan fingerprint density at radius 3 is 2.89 bits per heavy atom. The van der Waals surface area contributed by atoms with Crippen molar-refractivity contribution in [2.75, 3.05) is 5.32 Å². The Balaban J connectivity index is 2.23. The second-order valence-corrected chi connectivity index (χ2v) is 4.00. The van der Waals surface area contributed by atoms with E-state index < -0.39 is 6.04 Å². The van der Waals surface area contributed by atoms with Crippen LogP contribution in [0.4, 0.5) is 5.69 Å². The van der Waals surface area contributed by atoms with Crippen molar-refractivity contribution in [3.8, 4) is 11.4 Å². The zero-order valence-corrected chi connectivity index (χ0v) is 10.2. The van der Waals surface area contributed by atoms with Crippen molar-refractivity contribution in [3.63, 3.8) is 0 Å². The molecule has 0 aliphatic heterocycles. The number of nitrogens with two attached hydrogens (primary N) is 1. The van der Waals surface area contributed by atoms with E-state index in [1.165, 1.54) is 0 Å². The van der Waals surface area contributed by atoms with Gasteiger partial charge in [-0.2, -0.15) is 4.98 Å². The lowest BCUT2D eigenvalue weighted by Gasteiger charge is -2.08. The summed E-state index contributed by atoms with van der Waals surface area (Å²) in [6, 6.07) is 6.63. The molecule has 1 amide bonds. The highest BCUT2D eigenvalue weighted by atomic mass is 16.5. The number of anilines is 1. The van der Waals surface area contributed by atoms with Gasteiger partial charge in [-0.1, -0.05) is 17.3 Å². The smallest absolute Gasteiger partial charge is 0.240 e. The van der Waals surface area contributed by atoms with E-state index in [2.05, 4.69) is 15.5 Å². The number of amides is 1. The molecule has 0 saturated heterocycles. The monoisotopic (exact) mass is 246 g/mol. The molecular weight excluding hydrogens is 232 g/mol. The van der Waals surface area contributed by atoms with E-state index in [0.29, 0.717) is 17.4 Å². The van der Waals surface area contributed by atoms with Crippen molar-refractivity contribution in [2.45, 2.75) is 19.9 Å². The van der Waals surface area contributed by atoms with Gasteiger partial charge in [-0.25, -0.2) is 0 Å². The number of nitrogens with zero attached hydrogens (tertiary/aromatic N) is 2. The van der Waals surface area contributed by atoms with Crippen LogP contribution in [-0.4, -0.2) is 22.1 Å². The summed E-state index contributed by atoms with van der Waals surface area (Å²) in [4.78, 5) is 15.6. The van der Waals surface area contributed by atoms with E-state index in [-0.39, 0.29) is 5.91 Å². The molecular formula is C12H14N4O2. The fraction of sp³-hybridized carbons (Fsp3) is 0.250. The normalized spacial score (nSPS) is 12.2. The van der Waals surface area contributed by atoms with Crippen LogP contribution in [0.1, 0.15) is 12.8 Å². The first kappa shape index (κ1) is 12.3. The molecule has 0 aliphatic rings. The van der Waals surface area contributed by atoms with Gasteiger partial charge >= 0.3 is 0 Å². The maximum Gasteiger partial charge on any atom is 0.240 e. The predicted octanol–water partition coefficient (Wildman–Crippen LogP) is 1.33. The quantitative estimate of drug-likeness (QED) is 0.852. The molecule has 1 aromatic carbocycles. The highest BCUT2D eigenvalue weighted by Gasteiger charge is 2.10. The summed E-state index contributed by atoms with van der Waals surface area (Å²) in [6.45, 7) is 3.35. The van der Waals surface area contributed by atoms with Crippen LogP contribution in [0.3, 0.4) is 0 Å². The lowest BCUT2D eigenvalue weighted by molar-refractivity contribution is -0.117. The Hall–Kier alpha value is -2.21. The molecule has 6 heteroatoms. The standard InChI is InChI=1S/C12H14N4O2/c1-7(13)12(17)15-10-5-3-4-9(6-10)11-14-8(2)18-16-11/h3-7H,13H2,1-2H3,(H,15,17)/t7-/m0/s1. The summed E-state index contributed by atoms with van der Waals surface area (Å²) in [5.74, 6) is 0.746. The maximum atomic E-state index is 11.5. The molecule has 18 heavy (non-hydrogen) atoms. The summed E-state index contributed by atoms with van der Waals surface area (Å²) in [7, 11) is 0. The van der Waals surface area contributed by atoms with Crippen molar-refractivity contribution in [1.82, 2.24) is 10.1 Å². The van der Waals surface area contributed by atoms with Crippen molar-refractivity contribution < 1.29 is 9.32 Å². The molecule has 1 heterocycles. The fourth-order valence-corrected chi connectivity index (χ4v) is 1.41. The molecule has 0 bridgehead atoms. The van der Waals surface area contributed by atoms with Crippen molar-refractivity contribution in [1.29, 1.82) is 0 Å². The summed E-state index contributed by atoms with van der Waals surface area (Å²) in [6.07, 6.45) is 0. The van der Waals surface area contributed by atoms with E-state index >= 15 is 0 Å². The Labute approximate surface area is 104 Å². The van der Waals surface area contributed by atoms with Gasteiger partial charge in [0.1, 0.15) is 0 Å². The van der Waals surface area contributed by atoms with Crippen LogP contribution >= 0.6 is 0 Å². The summed E-state index contributed by atoms with van der Waals surface area (Å²) < 4.78 is 4.91. The van der Waals surface area contributed by atoms with Gasteiger partial charge in [0.2, 0.25) is 17.6 Å². The first-order chi connectivity index (χ1) is 8.56. The zero-order chi connectivity index (χ0) is 13.1. The second-order valence-electron chi connectivity index (χ2n) is 4.00. The third kappa shape index (κ3) is 2.72. The molecule has 0 spiro atoms. The minimum atomic E-state index is -0.555. The summed E-state index contributed by atoms with van der Waals surface area (Å²) in [5, 5.41) is 6.53. The molecule has 0 aliphatic carbocycles. The molecule has 1 aromatic heterocycles. The third-order valence-corrected chi connectivity index (χ3v) is 2.33. The molecule has 3 N–H and O–H groups in total. The largest absolute Gasteiger partial charge is 0.339 e. The molecule has 2 rings (SSSR count). The average molecular weight is 246 g/mol. The van der Waals surface area contributed by atoms with Gasteiger partial charge in [0.25, 0.3) is 0 Å². The van der Waals surface area contributed by atoms with Gasteiger partial charge in [-0.3, -0.25) is 4.79 Å². The molecule has 1 atom stereocenters. The lowest BCUT2D eigenvalue weighted by Crippen LogP contribution is -2.32. The van der Waals surface area contributed by atoms with Crippen LogP contribution in [-0.2, 0) is 4.79 Å². The van der Waals surface area contributed by atoms with Crippen LogP contribution in [0, 0.1) is 6.92 Å². The number of carbonyl (C=O) groups excluding carboxylic acids is 1. The fourth-order valence-electron chi connectivity index (χ4n) is 1.41. The first-order valence-corrected chi connectivity index (χ1v) is 5.53. The highest BCUT2D eigenvalue weighted by Crippen LogP contribution is 2.19. The zero-order valence-electron chi connectivity index (χ0n) is 10.2. The third-order valence-electron chi connectivity index (χ3n) is 2.33. The molecule has 2 aromatic rings. The Morgan fingerprint density at radius 2 is 2.28 bits per heavy atom. The van der Waals surface area contributed by atoms with E-state index in [0.717, 1.165) is 5.56 Å². The van der Waals surface area contributed by atoms with Crippen LogP contribution in [0.2, 0.25) is 0 Å². The topological polar surface area (TPSA) is 94.0 Å². The van der Waals surface area contributed by atoms with Crippen molar-refractivity contribution in [2.24, 2.45) is 5.73 Å². The highest BCUT2D eigenvalue weighted by molar-refractivity contribution is 5.94. The van der Waals surface area contributed by atoms with Crippen LogP contribution in [0.15, 0.2) is 28.8 Å². The van der Waals surface area contributed by atoms with Crippen LogP contribution in [0.25, 0.3) is 11.4 Å². The summed E-state index contributed by atoms with van der Waals surface area (Å²) >= 11 is 0. The molecule has 94 valence electrons. The van der Waals surface area contributed by atoms with Crippen molar-refractivity contribution >= 4 is 11.6 Å². The van der Waals surface area contributed by atoms with E-state index in [1.54, 1.807) is 32.0 Å². The van der Waals surface area contributed by atoms with E-state index in [9.17, 15) is 4.79 Å². The number of aromatic nitrogens is 2. The molecule has 6 nitrogen and oxygen atoms in total. The number of carbonyl (C=O) groups is 1. The number of nitrogens with one attached hydrogen (secondary N) is 1. The lowest BCUT2D eigenvalue weighted by atomic mass is 10.2. The number of hydrogen-bond donors (Lipinski definition) is 2. The Bertz CT molecular complexity index is 563. The van der Waals surface area contributed by atoms with E-state index in [4.69, 9.17) is 10.3 Å². The van der Waals surface area contributed by atoms with Gasteiger partial charge in [-0.05, 0) is 19.1 Å². The minimum Gasteiger partial charge on any atom is -0.339 e. The van der Waals surface area contributed by atoms with Gasteiger partial charge < -0.3 is 15.6 Å². The maximum absolute atomic E-state index is 11.5. The Kier molecular flexibility index (Phi) is 3.38. The molecule has 0 unspecified atom stereocenters. The van der Waals surface area contributed by atoms with Gasteiger partial charge in [-0.15, -0.1) is 0 Å². The van der Waals surface area contributed by atoms with Crippen molar-refractivity contribution in [3.05, 3.63) is 30.2 Å². The van der Waals surface area contributed by atoms with Crippen LogP contribution < -0.4 is 11.1 Å². The summed E-state index contributed by atoms with van der Waals surface area (Å²) in [5.41, 5.74) is 6.91. The number of rotatable bonds is 3. The van der Waals surface area contributed by atoms with Gasteiger partial charge in [0, 0.05) is 18.2 Å². The average Bonchev–Trinajstić information content (AvgIpc) is 2.76. The first-order valence-electron chi connectivity index (χ1n) is 5.53. The Morgan fingerprint density at radius 1 is 1.50 bits per heavy atom. The van der Waals surface area contributed by atoms with Crippen LogP contribution in [0.5, 0.6) is 0 Å². The predicted molar refractivity (Wildman–Crippen MR) is 66.8 cm³/mol. The van der Waals surface area contributed by atoms with Gasteiger partial charge in [0.05, 0.1) is 6.04 Å². The molecule has 0 radical (unpaired) electrons. The number of benzene rings is 1. The van der Waals surface area contributed by atoms with E-state index in [1.807, 2.05) is 6.07 Å². The molecule has 0 saturated carbocycles. The minimum absolute atomic E-state index is 0.239. The molecule has 0 fully saturated rings.